The third-order valence-electron chi connectivity index (χ3n) is 5.05. The highest BCUT2D eigenvalue weighted by atomic mass is 15.1. The van der Waals surface area contributed by atoms with E-state index in [2.05, 4.69) is 48.7 Å². The van der Waals surface area contributed by atoms with Crippen LogP contribution in [0.3, 0.4) is 0 Å². The van der Waals surface area contributed by atoms with E-state index in [-0.39, 0.29) is 0 Å². The van der Waals surface area contributed by atoms with Crippen LogP contribution in [0.2, 0.25) is 12.1 Å². The van der Waals surface area contributed by atoms with Gasteiger partial charge in [0.2, 0.25) is 0 Å². The van der Waals surface area contributed by atoms with Crippen molar-refractivity contribution in [3.63, 3.8) is 0 Å². The third-order valence-corrected chi connectivity index (χ3v) is 5.05. The van der Waals surface area contributed by atoms with Crippen molar-refractivity contribution in [2.75, 3.05) is 6.54 Å². The maximum Gasteiger partial charge on any atom is 0.0928 e. The summed E-state index contributed by atoms with van der Waals surface area (Å²) in [6.45, 7) is 1.63. The van der Waals surface area contributed by atoms with Crippen LogP contribution in [-0.2, 0) is 0 Å². The minimum atomic E-state index is 0.671. The normalized spacial score (nSPS) is 16.4. The number of rotatable bonds is 9. The lowest BCUT2D eigenvalue weighted by molar-refractivity contribution is 0.695. The van der Waals surface area contributed by atoms with E-state index in [1.54, 1.807) is 0 Å². The fraction of sp³-hybridized carbons (Fsp3) is 1.00. The van der Waals surface area contributed by atoms with Gasteiger partial charge in [0.15, 0.2) is 0 Å². The molecule has 0 radical (unpaired) electrons. The average Bonchev–Trinajstić information content (AvgIpc) is 3.07. The Balaban J connectivity index is 2.33. The Labute approximate surface area is 124 Å². The highest BCUT2D eigenvalue weighted by Crippen LogP contribution is 2.43. The summed E-state index contributed by atoms with van der Waals surface area (Å²) >= 11 is 0. The number of hydrogen-bond acceptors (Lipinski definition) is 1. The van der Waals surface area contributed by atoms with Gasteiger partial charge >= 0.3 is 0 Å². The first-order valence-corrected chi connectivity index (χ1v) is 7.99. The van der Waals surface area contributed by atoms with Crippen LogP contribution in [0, 0.1) is 0 Å². The van der Waals surface area contributed by atoms with Gasteiger partial charge in [-0.2, -0.15) is 0 Å². The molecule has 0 aliphatic carbocycles. The largest absolute Gasteiger partial charge is 0.0940 e. The van der Waals surface area contributed by atoms with E-state index in [0.717, 1.165) is 44.4 Å². The molecule has 90 valence electrons. The molecule has 3 nitrogen and oxygen atoms in total. The number of azide groups is 1. The topological polar surface area (TPSA) is 48.8 Å². The molecule has 1 atom stereocenters. The van der Waals surface area contributed by atoms with Gasteiger partial charge in [0.25, 0.3) is 0 Å². The monoisotopic (exact) mass is 245 g/mol. The summed E-state index contributed by atoms with van der Waals surface area (Å²) in [6.07, 6.45) is 8.36. The van der Waals surface area contributed by atoms with Crippen LogP contribution in [0.15, 0.2) is 5.11 Å². The second-order valence-electron chi connectivity index (χ2n) is 7.03. The van der Waals surface area contributed by atoms with Gasteiger partial charge in [-0.1, -0.05) is 30.1 Å². The van der Waals surface area contributed by atoms with Crippen LogP contribution in [0.1, 0.15) is 19.3 Å². The molecule has 19 heavy (non-hydrogen) atoms. The summed E-state index contributed by atoms with van der Waals surface area (Å²) in [5.74, 6) is 0.944. The SMILES string of the molecule is BB(B)B(B)B(B(B)B)B1CC1CCCCN=[N+]=[N-]. The maximum absolute atomic E-state index is 8.23. The van der Waals surface area contributed by atoms with Crippen molar-refractivity contribution in [2.45, 2.75) is 31.4 Å². The molecule has 0 aromatic carbocycles. The van der Waals surface area contributed by atoms with E-state index in [1.165, 1.54) is 19.2 Å². The molecule has 0 N–H and O–H groups in total. The van der Waals surface area contributed by atoms with Crippen LogP contribution >= 0.6 is 0 Å². The maximum atomic E-state index is 8.23. The Bertz CT molecular complexity index is 320. The van der Waals surface area contributed by atoms with E-state index in [4.69, 9.17) is 5.53 Å². The van der Waals surface area contributed by atoms with Crippen molar-refractivity contribution in [3.05, 3.63) is 10.4 Å². The molecule has 0 saturated carbocycles. The molecule has 1 aliphatic heterocycles. The molecular weight excluding hydrogens is 222 g/mol. The van der Waals surface area contributed by atoms with E-state index in [1.807, 2.05) is 0 Å². The molecular formula is C6H21B10N3. The summed E-state index contributed by atoms with van der Waals surface area (Å²) in [6, 6.07) is 0. The second-order valence-corrected chi connectivity index (χ2v) is 7.03. The molecule has 0 spiro atoms. The first-order valence-electron chi connectivity index (χ1n) is 7.99. The third kappa shape index (κ3) is 5.45. The molecule has 0 amide bonds. The van der Waals surface area contributed by atoms with Gasteiger partial charge in [-0.25, -0.2) is 0 Å². The van der Waals surface area contributed by atoms with Gasteiger partial charge in [0.05, 0.1) is 45.3 Å². The molecule has 1 rings (SSSR count). The van der Waals surface area contributed by atoms with E-state index in [0.29, 0.717) is 6.54 Å². The van der Waals surface area contributed by atoms with Crippen LogP contribution in [0.4, 0.5) is 0 Å². The summed E-state index contributed by atoms with van der Waals surface area (Å²) < 4.78 is 0. The predicted octanol–water partition coefficient (Wildman–Crippen LogP) is -3.71. The van der Waals surface area contributed by atoms with Crippen molar-refractivity contribution in [1.82, 2.24) is 0 Å². The fourth-order valence-corrected chi connectivity index (χ4v) is 3.64. The second kappa shape index (κ2) is 8.29. The molecule has 0 aromatic rings. The molecule has 1 fully saturated rings. The van der Waals surface area contributed by atoms with Gasteiger partial charge in [0, 0.05) is 37.0 Å². The summed E-state index contributed by atoms with van der Waals surface area (Å²) in [4.78, 5) is 2.80. The molecule has 0 aromatic heterocycles. The Morgan fingerprint density at radius 3 is 2.37 bits per heavy atom. The van der Waals surface area contributed by atoms with Crippen molar-refractivity contribution in [2.24, 2.45) is 5.11 Å². The quantitative estimate of drug-likeness (QED) is 0.132. The van der Waals surface area contributed by atoms with E-state index in [9.17, 15) is 0 Å². The molecule has 0 bridgehead atoms. The first-order chi connectivity index (χ1) is 8.99. The lowest BCUT2D eigenvalue weighted by atomic mass is 8.57. The van der Waals surface area contributed by atoms with Crippen LogP contribution in [0.5, 0.6) is 0 Å². The highest BCUT2D eigenvalue weighted by molar-refractivity contribution is 8.01. The molecule has 1 aliphatic rings. The zero-order chi connectivity index (χ0) is 14.4. The fourth-order valence-electron chi connectivity index (χ4n) is 3.64. The highest BCUT2D eigenvalue weighted by Gasteiger charge is 2.49. The summed E-state index contributed by atoms with van der Waals surface area (Å²) in [5, 5.41) is 3.60. The van der Waals surface area contributed by atoms with E-state index >= 15 is 0 Å². The lowest BCUT2D eigenvalue weighted by Crippen LogP contribution is -2.63. The van der Waals surface area contributed by atoms with Crippen LogP contribution < -0.4 is 0 Å². The lowest BCUT2D eigenvalue weighted by Gasteiger charge is -2.24. The van der Waals surface area contributed by atoms with Gasteiger partial charge < -0.3 is 0 Å². The van der Waals surface area contributed by atoms with Gasteiger partial charge in [-0.3, -0.25) is 0 Å². The van der Waals surface area contributed by atoms with Gasteiger partial charge in [-0.05, 0) is 12.0 Å². The van der Waals surface area contributed by atoms with Gasteiger partial charge in [0.1, 0.15) is 0 Å². The number of hydrogen-bond donors (Lipinski definition) is 0. The summed E-state index contributed by atoms with van der Waals surface area (Å²) in [7, 11) is 11.9. The molecule has 13 heteroatoms. The smallest absolute Gasteiger partial charge is 0.0928 e. The zero-order valence-corrected chi connectivity index (χ0v) is 13.3. The Morgan fingerprint density at radius 1 is 1.16 bits per heavy atom. The van der Waals surface area contributed by atoms with Crippen LogP contribution in [-0.4, -0.2) is 77.4 Å². The Hall–Kier alpha value is -0.0406. The van der Waals surface area contributed by atoms with Crippen molar-refractivity contribution >= 4 is 70.8 Å². The summed E-state index contributed by atoms with van der Waals surface area (Å²) in [5.41, 5.74) is 8.23. The Morgan fingerprint density at radius 2 is 1.84 bits per heavy atom. The first kappa shape index (κ1) is 17.0. The number of nitrogens with zero attached hydrogens (tertiary/aromatic N) is 3. The standard InChI is InChI=1S/C6H21B10N3/c7-13(8)15(11)16(14(9)10)12-5-6(12)3-1-2-4-18-19-17/h6H,1-5,7-11H2. The van der Waals surface area contributed by atoms with Gasteiger partial charge in [-0.15, -0.1) is 0 Å². The van der Waals surface area contributed by atoms with Crippen molar-refractivity contribution in [1.29, 1.82) is 0 Å². The molecule has 1 unspecified atom stereocenters. The van der Waals surface area contributed by atoms with Crippen LogP contribution in [0.25, 0.3) is 10.4 Å². The Kier molecular flexibility index (Phi) is 7.42. The minimum Gasteiger partial charge on any atom is -0.0940 e. The van der Waals surface area contributed by atoms with E-state index < -0.39 is 0 Å². The zero-order valence-electron chi connectivity index (χ0n) is 13.3. The number of unbranched alkanes of at least 4 members (excludes halogenated alkanes) is 1. The predicted molar refractivity (Wildman–Crippen MR) is 108 cm³/mol. The molecule has 1 saturated heterocycles. The average molecular weight is 243 g/mol. The molecule has 1 heterocycles. The van der Waals surface area contributed by atoms with Crippen molar-refractivity contribution in [3.8, 4) is 0 Å². The van der Waals surface area contributed by atoms with Crippen molar-refractivity contribution < 1.29 is 0 Å². The minimum absolute atomic E-state index is 0.671.